The summed E-state index contributed by atoms with van der Waals surface area (Å²) in [7, 11) is 0. The molecule has 3 N–H and O–H groups in total. The second-order valence-electron chi connectivity index (χ2n) is 5.55. The second kappa shape index (κ2) is 5.00. The average Bonchev–Trinajstić information content (AvgIpc) is 2.95. The highest BCUT2D eigenvalue weighted by molar-refractivity contribution is 7.18. The van der Waals surface area contributed by atoms with E-state index in [1.807, 2.05) is 0 Å². The Labute approximate surface area is 117 Å². The summed E-state index contributed by atoms with van der Waals surface area (Å²) >= 11 is 1.42. The van der Waals surface area contributed by atoms with E-state index in [2.05, 4.69) is 22.1 Å². The van der Waals surface area contributed by atoms with E-state index in [9.17, 15) is 4.79 Å². The van der Waals surface area contributed by atoms with Crippen molar-refractivity contribution in [2.75, 3.05) is 23.7 Å². The van der Waals surface area contributed by atoms with E-state index in [1.165, 1.54) is 30.6 Å². The number of hydrogen-bond acceptors (Lipinski definition) is 5. The van der Waals surface area contributed by atoms with Gasteiger partial charge in [-0.1, -0.05) is 18.3 Å². The number of piperidine rings is 1. The quantitative estimate of drug-likeness (QED) is 0.886. The molecule has 19 heavy (non-hydrogen) atoms. The Hall–Kier alpha value is -1.30. The van der Waals surface area contributed by atoms with Crippen LogP contribution in [-0.4, -0.2) is 30.0 Å². The van der Waals surface area contributed by atoms with Crippen LogP contribution in [0.25, 0.3) is 0 Å². The standard InChI is InChI=1S/C13H20N4OS/c1-8-7-9(8)15-12(18)10-11(14)16-13(19-10)17-5-3-2-4-6-17/h8-9H,2-7,14H2,1H3,(H,15,18). The number of thiazole rings is 1. The van der Waals surface area contributed by atoms with Crippen molar-refractivity contribution in [3.8, 4) is 0 Å². The molecule has 1 aliphatic heterocycles. The first-order valence-corrected chi connectivity index (χ1v) is 7.79. The van der Waals surface area contributed by atoms with Gasteiger partial charge in [-0.25, -0.2) is 4.98 Å². The smallest absolute Gasteiger partial charge is 0.265 e. The average molecular weight is 280 g/mol. The topological polar surface area (TPSA) is 71.2 Å². The van der Waals surface area contributed by atoms with Crippen molar-refractivity contribution in [3.05, 3.63) is 4.88 Å². The van der Waals surface area contributed by atoms with E-state index in [0.29, 0.717) is 22.7 Å². The van der Waals surface area contributed by atoms with E-state index in [-0.39, 0.29) is 5.91 Å². The number of nitrogens with zero attached hydrogens (tertiary/aromatic N) is 2. The van der Waals surface area contributed by atoms with Crippen LogP contribution in [0.1, 0.15) is 42.3 Å². The van der Waals surface area contributed by atoms with Crippen LogP contribution in [0.5, 0.6) is 0 Å². The molecule has 1 saturated carbocycles. The summed E-state index contributed by atoms with van der Waals surface area (Å²) in [5, 5.41) is 3.90. The van der Waals surface area contributed by atoms with E-state index < -0.39 is 0 Å². The molecular formula is C13H20N4OS. The summed E-state index contributed by atoms with van der Waals surface area (Å²) in [6, 6.07) is 0.326. The number of rotatable bonds is 3. The molecular weight excluding hydrogens is 260 g/mol. The molecule has 1 saturated heterocycles. The van der Waals surface area contributed by atoms with Gasteiger partial charge in [0.25, 0.3) is 5.91 Å². The molecule has 104 valence electrons. The molecule has 2 unspecified atom stereocenters. The van der Waals surface area contributed by atoms with Crippen molar-refractivity contribution in [2.45, 2.75) is 38.6 Å². The Morgan fingerprint density at radius 1 is 1.42 bits per heavy atom. The Kier molecular flexibility index (Phi) is 3.35. The molecule has 0 aromatic carbocycles. The third kappa shape index (κ3) is 2.68. The fourth-order valence-corrected chi connectivity index (χ4v) is 3.40. The van der Waals surface area contributed by atoms with Crippen LogP contribution < -0.4 is 16.0 Å². The molecule has 0 radical (unpaired) electrons. The fourth-order valence-electron chi connectivity index (χ4n) is 2.46. The van der Waals surface area contributed by atoms with Gasteiger partial charge in [0.05, 0.1) is 0 Å². The van der Waals surface area contributed by atoms with Crippen LogP contribution in [0.2, 0.25) is 0 Å². The SMILES string of the molecule is CC1CC1NC(=O)c1sc(N2CCCCC2)nc1N. The van der Waals surface area contributed by atoms with Crippen LogP contribution >= 0.6 is 11.3 Å². The van der Waals surface area contributed by atoms with Crippen LogP contribution in [-0.2, 0) is 0 Å². The van der Waals surface area contributed by atoms with Crippen molar-refractivity contribution in [1.29, 1.82) is 0 Å². The first-order valence-electron chi connectivity index (χ1n) is 6.97. The number of carbonyl (C=O) groups is 1. The lowest BCUT2D eigenvalue weighted by Gasteiger charge is -2.25. The van der Waals surface area contributed by atoms with Crippen LogP contribution in [0.4, 0.5) is 10.9 Å². The highest BCUT2D eigenvalue weighted by atomic mass is 32.1. The lowest BCUT2D eigenvalue weighted by Crippen LogP contribution is -2.29. The number of carbonyl (C=O) groups excluding carboxylic acids is 1. The molecule has 1 amide bonds. The number of amides is 1. The summed E-state index contributed by atoms with van der Waals surface area (Å²) in [6.07, 6.45) is 4.74. The minimum Gasteiger partial charge on any atom is -0.382 e. The number of nitrogen functional groups attached to an aromatic ring is 1. The third-order valence-electron chi connectivity index (χ3n) is 3.90. The Morgan fingerprint density at radius 2 is 2.11 bits per heavy atom. The van der Waals surface area contributed by atoms with E-state index in [0.717, 1.165) is 24.6 Å². The maximum atomic E-state index is 12.1. The van der Waals surface area contributed by atoms with Gasteiger partial charge < -0.3 is 16.0 Å². The monoisotopic (exact) mass is 280 g/mol. The van der Waals surface area contributed by atoms with E-state index in [4.69, 9.17) is 5.73 Å². The second-order valence-corrected chi connectivity index (χ2v) is 6.53. The number of hydrogen-bond donors (Lipinski definition) is 2. The van der Waals surface area contributed by atoms with Gasteiger partial charge >= 0.3 is 0 Å². The Morgan fingerprint density at radius 3 is 2.74 bits per heavy atom. The normalized spacial score (nSPS) is 26.3. The molecule has 1 aromatic heterocycles. The Balaban J connectivity index is 1.71. The molecule has 2 aliphatic rings. The fraction of sp³-hybridized carbons (Fsp3) is 0.692. The summed E-state index contributed by atoms with van der Waals surface area (Å²) < 4.78 is 0. The predicted octanol–water partition coefficient (Wildman–Crippen LogP) is 1.85. The molecule has 2 heterocycles. The lowest BCUT2D eigenvalue weighted by atomic mass is 10.1. The lowest BCUT2D eigenvalue weighted by molar-refractivity contribution is 0.0954. The minimum absolute atomic E-state index is 0.0624. The molecule has 0 spiro atoms. The summed E-state index contributed by atoms with van der Waals surface area (Å²) in [5.74, 6) is 0.906. The first kappa shape index (κ1) is 12.7. The zero-order chi connectivity index (χ0) is 13.4. The molecule has 1 aromatic rings. The summed E-state index contributed by atoms with van der Waals surface area (Å²) in [6.45, 7) is 4.18. The largest absolute Gasteiger partial charge is 0.382 e. The van der Waals surface area contributed by atoms with Gasteiger partial charge in [-0.05, 0) is 31.6 Å². The van der Waals surface area contributed by atoms with Gasteiger partial charge in [0.2, 0.25) is 0 Å². The number of nitrogens with two attached hydrogens (primary N) is 1. The maximum Gasteiger partial charge on any atom is 0.265 e. The number of aromatic nitrogens is 1. The molecule has 6 heteroatoms. The number of nitrogens with one attached hydrogen (secondary N) is 1. The van der Waals surface area contributed by atoms with Crippen molar-refractivity contribution in [1.82, 2.24) is 10.3 Å². The van der Waals surface area contributed by atoms with Crippen LogP contribution in [0, 0.1) is 5.92 Å². The van der Waals surface area contributed by atoms with Crippen molar-refractivity contribution < 1.29 is 4.79 Å². The van der Waals surface area contributed by atoms with Gasteiger partial charge in [0.1, 0.15) is 10.7 Å². The Bertz CT molecular complexity index is 481. The van der Waals surface area contributed by atoms with Crippen molar-refractivity contribution >= 4 is 28.2 Å². The minimum atomic E-state index is -0.0624. The van der Waals surface area contributed by atoms with Gasteiger partial charge in [0.15, 0.2) is 5.13 Å². The molecule has 2 atom stereocenters. The van der Waals surface area contributed by atoms with Gasteiger partial charge in [-0.2, -0.15) is 0 Å². The van der Waals surface area contributed by atoms with Crippen LogP contribution in [0.15, 0.2) is 0 Å². The molecule has 3 rings (SSSR count). The van der Waals surface area contributed by atoms with E-state index in [1.54, 1.807) is 0 Å². The summed E-state index contributed by atoms with van der Waals surface area (Å²) in [5.41, 5.74) is 5.89. The van der Waals surface area contributed by atoms with Gasteiger partial charge in [-0.3, -0.25) is 4.79 Å². The predicted molar refractivity (Wildman–Crippen MR) is 77.6 cm³/mol. The molecule has 1 aliphatic carbocycles. The molecule has 5 nitrogen and oxygen atoms in total. The van der Waals surface area contributed by atoms with Crippen molar-refractivity contribution in [2.24, 2.45) is 5.92 Å². The molecule has 0 bridgehead atoms. The zero-order valence-electron chi connectivity index (χ0n) is 11.2. The van der Waals surface area contributed by atoms with Crippen molar-refractivity contribution in [3.63, 3.8) is 0 Å². The van der Waals surface area contributed by atoms with Gasteiger partial charge in [0, 0.05) is 19.1 Å². The third-order valence-corrected chi connectivity index (χ3v) is 5.03. The highest BCUT2D eigenvalue weighted by Crippen LogP contribution is 2.32. The maximum absolute atomic E-state index is 12.1. The zero-order valence-corrected chi connectivity index (χ0v) is 12.0. The van der Waals surface area contributed by atoms with Gasteiger partial charge in [-0.15, -0.1) is 0 Å². The first-order chi connectivity index (χ1) is 9.15. The molecule has 2 fully saturated rings. The highest BCUT2D eigenvalue weighted by Gasteiger charge is 2.35. The van der Waals surface area contributed by atoms with E-state index >= 15 is 0 Å². The number of anilines is 2. The summed E-state index contributed by atoms with van der Waals surface area (Å²) in [4.78, 5) is 19.3. The van der Waals surface area contributed by atoms with Crippen LogP contribution in [0.3, 0.4) is 0 Å².